The second-order valence-corrected chi connectivity index (χ2v) is 5.53. The molecule has 0 aromatic carbocycles. The van der Waals surface area contributed by atoms with Gasteiger partial charge in [-0.1, -0.05) is 37.8 Å². The van der Waals surface area contributed by atoms with Gasteiger partial charge in [-0.3, -0.25) is 0 Å². The van der Waals surface area contributed by atoms with Crippen molar-refractivity contribution in [3.05, 3.63) is 17.0 Å². The second-order valence-electron chi connectivity index (χ2n) is 5.18. The van der Waals surface area contributed by atoms with Gasteiger partial charge < -0.3 is 5.32 Å². The molecular weight excluding hydrogens is 246 g/mol. The average molecular weight is 268 g/mol. The van der Waals surface area contributed by atoms with Crippen LogP contribution in [0.3, 0.4) is 0 Å². The molecule has 1 atom stereocenters. The van der Waals surface area contributed by atoms with E-state index in [9.17, 15) is 0 Å². The molecule has 1 aliphatic rings. The highest BCUT2D eigenvalue weighted by molar-refractivity contribution is 6.30. The fourth-order valence-corrected chi connectivity index (χ4v) is 3.06. The molecule has 1 N–H and O–H groups in total. The summed E-state index contributed by atoms with van der Waals surface area (Å²) < 4.78 is 0. The largest absolute Gasteiger partial charge is 0.367 e. The van der Waals surface area contributed by atoms with E-state index < -0.39 is 0 Å². The Bertz CT molecular complexity index is 389. The van der Waals surface area contributed by atoms with Crippen LogP contribution in [0.1, 0.15) is 51.5 Å². The van der Waals surface area contributed by atoms with Gasteiger partial charge in [0.25, 0.3) is 0 Å². The number of aromatic nitrogens is 2. The van der Waals surface area contributed by atoms with Crippen molar-refractivity contribution in [3.63, 3.8) is 0 Å². The molecule has 0 spiro atoms. The van der Waals surface area contributed by atoms with Crippen molar-refractivity contribution in [2.45, 2.75) is 58.4 Å². The van der Waals surface area contributed by atoms with Crippen LogP contribution >= 0.6 is 11.6 Å². The van der Waals surface area contributed by atoms with Crippen molar-refractivity contribution in [1.29, 1.82) is 0 Å². The van der Waals surface area contributed by atoms with Crippen LogP contribution in [0.4, 0.5) is 5.82 Å². The van der Waals surface area contributed by atoms with Crippen LogP contribution in [-0.2, 0) is 6.42 Å². The van der Waals surface area contributed by atoms with Crippen molar-refractivity contribution >= 4 is 17.4 Å². The number of hydrogen-bond donors (Lipinski definition) is 1. The van der Waals surface area contributed by atoms with Gasteiger partial charge in [0.05, 0.1) is 0 Å². The molecule has 1 aromatic heterocycles. The number of rotatable bonds is 4. The molecule has 18 heavy (non-hydrogen) atoms. The zero-order valence-corrected chi connectivity index (χ0v) is 12.0. The van der Waals surface area contributed by atoms with Crippen molar-refractivity contribution in [2.24, 2.45) is 5.92 Å². The average Bonchev–Trinajstić information content (AvgIpc) is 2.40. The molecule has 3 nitrogen and oxygen atoms in total. The summed E-state index contributed by atoms with van der Waals surface area (Å²) in [4.78, 5) is 8.38. The first kappa shape index (κ1) is 13.6. The Morgan fingerprint density at radius 1 is 1.33 bits per heavy atom. The molecule has 1 fully saturated rings. The normalized spacial score (nSPS) is 18.6. The van der Waals surface area contributed by atoms with E-state index in [2.05, 4.69) is 29.1 Å². The highest BCUT2D eigenvalue weighted by atomic mass is 35.5. The number of anilines is 1. The predicted octanol–water partition coefficient (Wildman–Crippen LogP) is 4.07. The summed E-state index contributed by atoms with van der Waals surface area (Å²) in [6.45, 7) is 4.34. The number of hydrogen-bond acceptors (Lipinski definition) is 3. The van der Waals surface area contributed by atoms with Crippen LogP contribution in [0.25, 0.3) is 0 Å². The zero-order chi connectivity index (χ0) is 13.0. The molecule has 1 unspecified atom stereocenters. The van der Waals surface area contributed by atoms with E-state index in [4.69, 9.17) is 11.6 Å². The summed E-state index contributed by atoms with van der Waals surface area (Å²) in [6, 6.07) is 0.460. The summed E-state index contributed by atoms with van der Waals surface area (Å²) in [7, 11) is 0. The third-order valence-electron chi connectivity index (χ3n) is 3.97. The van der Waals surface area contributed by atoms with Gasteiger partial charge in [0, 0.05) is 11.6 Å². The number of nitrogens with zero attached hydrogens (tertiary/aromatic N) is 2. The topological polar surface area (TPSA) is 37.8 Å². The summed E-state index contributed by atoms with van der Waals surface area (Å²) in [5, 5.41) is 4.11. The molecule has 1 heterocycles. The second kappa shape index (κ2) is 6.37. The van der Waals surface area contributed by atoms with Gasteiger partial charge in [-0.2, -0.15) is 0 Å². The smallest absolute Gasteiger partial charge is 0.137 e. The van der Waals surface area contributed by atoms with E-state index in [-0.39, 0.29) is 0 Å². The van der Waals surface area contributed by atoms with E-state index in [1.54, 1.807) is 0 Å². The Balaban J connectivity index is 2.06. The van der Waals surface area contributed by atoms with E-state index in [0.717, 1.165) is 23.7 Å². The summed E-state index contributed by atoms with van der Waals surface area (Å²) >= 11 is 6.11. The molecule has 0 bridgehead atoms. The lowest BCUT2D eigenvalue weighted by Gasteiger charge is -2.29. The molecule has 1 saturated carbocycles. The number of nitrogens with one attached hydrogen (secondary N) is 1. The summed E-state index contributed by atoms with van der Waals surface area (Å²) in [6.07, 6.45) is 9.17. The Labute approximate surface area is 114 Å². The van der Waals surface area contributed by atoms with Gasteiger partial charge in [0.15, 0.2) is 0 Å². The molecule has 100 valence electrons. The molecule has 2 rings (SSSR count). The Kier molecular flexibility index (Phi) is 4.81. The van der Waals surface area contributed by atoms with Crippen LogP contribution in [0, 0.1) is 5.92 Å². The zero-order valence-electron chi connectivity index (χ0n) is 11.2. The lowest BCUT2D eigenvalue weighted by atomic mass is 9.84. The lowest BCUT2D eigenvalue weighted by Crippen LogP contribution is -2.28. The maximum Gasteiger partial charge on any atom is 0.137 e. The molecular formula is C14H22ClN3. The molecule has 1 aliphatic carbocycles. The SMILES string of the molecule is CCc1c(Cl)ncnc1NC(C)C1CCCCC1. The van der Waals surface area contributed by atoms with Gasteiger partial charge >= 0.3 is 0 Å². The minimum Gasteiger partial charge on any atom is -0.367 e. The third-order valence-corrected chi connectivity index (χ3v) is 4.29. The highest BCUT2D eigenvalue weighted by Gasteiger charge is 2.21. The maximum absolute atomic E-state index is 6.11. The quantitative estimate of drug-likeness (QED) is 0.836. The molecule has 0 saturated heterocycles. The van der Waals surface area contributed by atoms with Gasteiger partial charge in [0.2, 0.25) is 0 Å². The molecule has 0 radical (unpaired) electrons. The van der Waals surface area contributed by atoms with E-state index in [0.29, 0.717) is 11.2 Å². The lowest BCUT2D eigenvalue weighted by molar-refractivity contribution is 0.328. The van der Waals surface area contributed by atoms with Crippen molar-refractivity contribution < 1.29 is 0 Å². The van der Waals surface area contributed by atoms with Crippen molar-refractivity contribution in [2.75, 3.05) is 5.32 Å². The predicted molar refractivity (Wildman–Crippen MR) is 76.1 cm³/mol. The Morgan fingerprint density at radius 2 is 2.06 bits per heavy atom. The van der Waals surface area contributed by atoms with Gasteiger partial charge in [0.1, 0.15) is 17.3 Å². The first-order valence-electron chi connectivity index (χ1n) is 6.98. The molecule has 1 aromatic rings. The fraction of sp³-hybridized carbons (Fsp3) is 0.714. The van der Waals surface area contributed by atoms with Crippen LogP contribution in [0.5, 0.6) is 0 Å². The molecule has 0 amide bonds. The van der Waals surface area contributed by atoms with E-state index in [1.807, 2.05) is 0 Å². The van der Waals surface area contributed by atoms with Crippen LogP contribution in [0.15, 0.2) is 6.33 Å². The first-order chi connectivity index (χ1) is 8.72. The fourth-order valence-electron chi connectivity index (χ4n) is 2.80. The monoisotopic (exact) mass is 267 g/mol. The minimum atomic E-state index is 0.460. The molecule has 4 heteroatoms. The van der Waals surface area contributed by atoms with E-state index in [1.165, 1.54) is 38.4 Å². The van der Waals surface area contributed by atoms with Gasteiger partial charge in [-0.25, -0.2) is 9.97 Å². The van der Waals surface area contributed by atoms with Crippen molar-refractivity contribution in [3.8, 4) is 0 Å². The third kappa shape index (κ3) is 3.14. The highest BCUT2D eigenvalue weighted by Crippen LogP contribution is 2.29. The van der Waals surface area contributed by atoms with Crippen LogP contribution < -0.4 is 5.32 Å². The standard InChI is InChI=1S/C14H22ClN3/c1-3-12-13(15)16-9-17-14(12)18-10(2)11-7-5-4-6-8-11/h9-11H,3-8H2,1-2H3,(H,16,17,18). The summed E-state index contributed by atoms with van der Waals surface area (Å²) in [5.41, 5.74) is 1.03. The summed E-state index contributed by atoms with van der Waals surface area (Å²) in [5.74, 6) is 1.67. The van der Waals surface area contributed by atoms with Crippen LogP contribution in [-0.4, -0.2) is 16.0 Å². The van der Waals surface area contributed by atoms with Gasteiger partial charge in [-0.15, -0.1) is 0 Å². The van der Waals surface area contributed by atoms with Crippen LogP contribution in [0.2, 0.25) is 5.15 Å². The Morgan fingerprint density at radius 3 is 2.72 bits per heavy atom. The van der Waals surface area contributed by atoms with Crippen molar-refractivity contribution in [1.82, 2.24) is 9.97 Å². The minimum absolute atomic E-state index is 0.460. The number of halogens is 1. The Hall–Kier alpha value is -0.830. The van der Waals surface area contributed by atoms with E-state index >= 15 is 0 Å². The van der Waals surface area contributed by atoms with Gasteiger partial charge in [-0.05, 0) is 32.1 Å². The maximum atomic E-state index is 6.11. The molecule has 0 aliphatic heterocycles. The first-order valence-corrected chi connectivity index (χ1v) is 7.36.